The van der Waals surface area contributed by atoms with Crippen molar-refractivity contribution in [3.8, 4) is 0 Å². The van der Waals surface area contributed by atoms with Gasteiger partial charge in [-0.2, -0.15) is 0 Å². The lowest BCUT2D eigenvalue weighted by Gasteiger charge is -2.04. The van der Waals surface area contributed by atoms with Crippen LogP contribution >= 0.6 is 0 Å². The van der Waals surface area contributed by atoms with Crippen molar-refractivity contribution < 1.29 is 0 Å². The quantitative estimate of drug-likeness (QED) is 0.336. The van der Waals surface area contributed by atoms with E-state index in [4.69, 9.17) is 5.73 Å². The van der Waals surface area contributed by atoms with Gasteiger partial charge in [-0.1, -0.05) is 0 Å². The molecule has 0 radical (unpaired) electrons. The molecule has 1 aliphatic heterocycles. The molecule has 0 aromatic rings. The summed E-state index contributed by atoms with van der Waals surface area (Å²) in [4.78, 5) is 0. The Morgan fingerprint density at radius 2 is 2.57 bits per heavy atom. The summed E-state index contributed by atoms with van der Waals surface area (Å²) >= 11 is 0. The van der Waals surface area contributed by atoms with E-state index in [1.807, 2.05) is 0 Å². The molecule has 0 aliphatic carbocycles. The fourth-order valence-corrected chi connectivity index (χ4v) is 0.351. The number of nitrogens with one attached hydrogen (secondary N) is 2. The zero-order valence-corrected chi connectivity index (χ0v) is 3.97. The van der Waals surface area contributed by atoms with E-state index >= 15 is 0 Å². The van der Waals surface area contributed by atoms with Gasteiger partial charge >= 0.3 is 0 Å². The van der Waals surface area contributed by atoms with Gasteiger partial charge in [-0.15, -0.1) is 10.2 Å². The molecular weight excluding hydrogens is 94.1 g/mol. The summed E-state index contributed by atoms with van der Waals surface area (Å²) in [7, 11) is 1.77. The summed E-state index contributed by atoms with van der Waals surface area (Å²) in [6.45, 7) is 0. The number of rotatable bonds is 0. The number of guanidine groups is 1. The lowest BCUT2D eigenvalue weighted by molar-refractivity contribution is 0.231. The molecule has 0 saturated carbocycles. The number of nitrogens with two attached hydrogens (primary N) is 1. The molecule has 0 amide bonds. The Kier molecular flexibility index (Phi) is 0.759. The van der Waals surface area contributed by atoms with E-state index in [0.717, 1.165) is 0 Å². The Balaban J connectivity index is 2.42. The van der Waals surface area contributed by atoms with Crippen LogP contribution in [0.2, 0.25) is 0 Å². The van der Waals surface area contributed by atoms with Gasteiger partial charge in [-0.3, -0.25) is 5.43 Å². The highest BCUT2D eigenvalue weighted by molar-refractivity contribution is 5.77. The molecule has 0 aromatic carbocycles. The van der Waals surface area contributed by atoms with Crippen LogP contribution in [-0.4, -0.2) is 18.1 Å². The van der Waals surface area contributed by atoms with Gasteiger partial charge in [-0.25, -0.2) is 5.53 Å². The largest absolute Gasteiger partial charge is 0.367 e. The van der Waals surface area contributed by atoms with Crippen LogP contribution in [0.1, 0.15) is 0 Å². The Morgan fingerprint density at radius 1 is 1.86 bits per heavy atom. The Labute approximate surface area is 41.1 Å². The Morgan fingerprint density at radius 3 is 2.71 bits per heavy atom. The smallest absolute Gasteiger partial charge is 0.228 e. The van der Waals surface area contributed by atoms with Crippen molar-refractivity contribution >= 4 is 5.96 Å². The molecule has 40 valence electrons. The first-order valence-electron chi connectivity index (χ1n) is 1.88. The van der Waals surface area contributed by atoms with Gasteiger partial charge in [0, 0.05) is 7.05 Å². The molecule has 1 rings (SSSR count). The molecule has 0 aromatic heterocycles. The molecule has 7 heavy (non-hydrogen) atoms. The number of hydrazine groups is 2. The maximum Gasteiger partial charge on any atom is 0.228 e. The molecular formula is C2H7N5. The van der Waals surface area contributed by atoms with Crippen LogP contribution in [0.4, 0.5) is 0 Å². The maximum absolute atomic E-state index is 5.16. The van der Waals surface area contributed by atoms with Crippen molar-refractivity contribution in [2.24, 2.45) is 10.8 Å². The minimum Gasteiger partial charge on any atom is -0.367 e. The zero-order chi connectivity index (χ0) is 5.28. The predicted molar refractivity (Wildman–Crippen MR) is 25.7 cm³/mol. The minimum absolute atomic E-state index is 0.391. The summed E-state index contributed by atoms with van der Waals surface area (Å²) in [6.07, 6.45) is 0. The van der Waals surface area contributed by atoms with Crippen molar-refractivity contribution in [2.75, 3.05) is 7.05 Å². The van der Waals surface area contributed by atoms with Crippen molar-refractivity contribution in [3.05, 3.63) is 0 Å². The van der Waals surface area contributed by atoms with Crippen LogP contribution in [-0.2, 0) is 0 Å². The third kappa shape index (κ3) is 0.716. The maximum atomic E-state index is 5.16. The fourth-order valence-electron chi connectivity index (χ4n) is 0.351. The van der Waals surface area contributed by atoms with Crippen LogP contribution in [0.15, 0.2) is 5.10 Å². The molecule has 4 N–H and O–H groups in total. The van der Waals surface area contributed by atoms with Crippen LogP contribution < -0.4 is 16.7 Å². The van der Waals surface area contributed by atoms with E-state index in [9.17, 15) is 0 Å². The summed E-state index contributed by atoms with van der Waals surface area (Å²) < 4.78 is 0. The van der Waals surface area contributed by atoms with E-state index in [1.54, 1.807) is 12.2 Å². The van der Waals surface area contributed by atoms with Gasteiger partial charge in [0.2, 0.25) is 5.96 Å². The average molecular weight is 101 g/mol. The third-order valence-corrected chi connectivity index (χ3v) is 0.603. The molecule has 5 nitrogen and oxygen atoms in total. The molecule has 5 heteroatoms. The molecule has 0 atom stereocenters. The average Bonchev–Trinajstić information content (AvgIpc) is 1.87. The van der Waals surface area contributed by atoms with E-state index in [0.29, 0.717) is 5.96 Å². The van der Waals surface area contributed by atoms with Gasteiger partial charge in [-0.05, 0) is 0 Å². The van der Waals surface area contributed by atoms with Crippen LogP contribution in [0.5, 0.6) is 0 Å². The van der Waals surface area contributed by atoms with E-state index < -0.39 is 0 Å². The minimum atomic E-state index is 0.391. The zero-order valence-electron chi connectivity index (χ0n) is 3.97. The van der Waals surface area contributed by atoms with Gasteiger partial charge in [0.1, 0.15) is 0 Å². The second-order valence-electron chi connectivity index (χ2n) is 1.27. The van der Waals surface area contributed by atoms with Gasteiger partial charge in [0.25, 0.3) is 0 Å². The third-order valence-electron chi connectivity index (χ3n) is 0.603. The first kappa shape index (κ1) is 4.20. The molecule has 0 fully saturated rings. The van der Waals surface area contributed by atoms with E-state index in [2.05, 4.69) is 16.1 Å². The highest BCUT2D eigenvalue weighted by Gasteiger charge is 2.02. The Bertz CT molecular complexity index is 96.3. The summed E-state index contributed by atoms with van der Waals surface area (Å²) in [5, 5.41) is 5.13. The second kappa shape index (κ2) is 1.27. The molecule has 0 unspecified atom stereocenters. The van der Waals surface area contributed by atoms with Crippen LogP contribution in [0.25, 0.3) is 0 Å². The molecule has 0 bridgehead atoms. The van der Waals surface area contributed by atoms with E-state index in [1.165, 1.54) is 0 Å². The molecule has 1 heterocycles. The number of nitrogens with zero attached hydrogens (tertiary/aromatic N) is 2. The summed E-state index contributed by atoms with van der Waals surface area (Å²) in [5.41, 5.74) is 10.4. The lowest BCUT2D eigenvalue weighted by Crippen LogP contribution is -2.40. The molecule has 0 saturated heterocycles. The van der Waals surface area contributed by atoms with Crippen LogP contribution in [0, 0.1) is 0 Å². The normalized spacial score (nSPS) is 20.4. The topological polar surface area (TPSA) is 65.7 Å². The first-order chi connectivity index (χ1) is 3.29. The van der Waals surface area contributed by atoms with Crippen molar-refractivity contribution in [2.45, 2.75) is 0 Å². The molecule has 0 spiro atoms. The standard InChI is InChI=1S/C2H7N5/c1-7-5-2(3)4-6-7/h6H,1H3,(H3,3,4,5). The van der Waals surface area contributed by atoms with Gasteiger partial charge in [0.15, 0.2) is 0 Å². The highest BCUT2D eigenvalue weighted by Crippen LogP contribution is 1.73. The lowest BCUT2D eigenvalue weighted by atomic mass is 11.1. The Hall–Kier alpha value is -0.970. The van der Waals surface area contributed by atoms with Crippen LogP contribution in [0.3, 0.4) is 0 Å². The number of hydrogen-bond acceptors (Lipinski definition) is 5. The highest BCUT2D eigenvalue weighted by atomic mass is 15.9. The number of hydrogen-bond donors (Lipinski definition) is 3. The van der Waals surface area contributed by atoms with Crippen molar-refractivity contribution in [3.63, 3.8) is 0 Å². The SMILES string of the molecule is CN1NN=C(N)N1. The van der Waals surface area contributed by atoms with Crippen molar-refractivity contribution in [1.29, 1.82) is 0 Å². The predicted octanol–water partition coefficient (Wildman–Crippen LogP) is -1.83. The number of hydrazone groups is 1. The van der Waals surface area contributed by atoms with Crippen molar-refractivity contribution in [1.82, 2.24) is 16.1 Å². The van der Waals surface area contributed by atoms with Gasteiger partial charge in [0.05, 0.1) is 0 Å². The summed E-state index contributed by atoms with van der Waals surface area (Å²) in [5.74, 6) is 0.391. The molecule has 1 aliphatic rings. The summed E-state index contributed by atoms with van der Waals surface area (Å²) in [6, 6.07) is 0. The first-order valence-corrected chi connectivity index (χ1v) is 1.88. The second-order valence-corrected chi connectivity index (χ2v) is 1.27. The van der Waals surface area contributed by atoms with Gasteiger partial charge < -0.3 is 5.73 Å². The fraction of sp³-hybridized carbons (Fsp3) is 0.500. The van der Waals surface area contributed by atoms with E-state index in [-0.39, 0.29) is 0 Å². The monoisotopic (exact) mass is 101 g/mol.